The number of ether oxygens (including phenoxy) is 1. The molecule has 5 heteroatoms. The molecule has 0 heterocycles. The van der Waals surface area contributed by atoms with Crippen molar-refractivity contribution in [2.45, 2.75) is 20.3 Å². The third kappa shape index (κ3) is 4.95. The highest BCUT2D eigenvalue weighted by atomic mass is 16.5. The number of hydrogen-bond acceptors (Lipinski definition) is 4. The van der Waals surface area contributed by atoms with Crippen LogP contribution in [0.5, 0.6) is 11.5 Å². The van der Waals surface area contributed by atoms with E-state index in [-0.39, 0.29) is 11.5 Å². The van der Waals surface area contributed by atoms with Gasteiger partial charge in [-0.25, -0.2) is 4.79 Å². The van der Waals surface area contributed by atoms with Crippen LogP contribution in [0, 0.1) is 5.92 Å². The Bertz CT molecular complexity index is 404. The number of phenolic OH excluding ortho intramolecular Hbond substituents is 2. The molecule has 100 valence electrons. The van der Waals surface area contributed by atoms with Crippen LogP contribution in [0.1, 0.15) is 19.4 Å². The van der Waals surface area contributed by atoms with Gasteiger partial charge in [0.2, 0.25) is 0 Å². The fourth-order valence-corrected chi connectivity index (χ4v) is 1.33. The fourth-order valence-electron chi connectivity index (χ4n) is 1.33. The number of rotatable bonds is 5. The van der Waals surface area contributed by atoms with Crippen LogP contribution < -0.4 is 5.32 Å². The number of amides is 1. The van der Waals surface area contributed by atoms with Crippen molar-refractivity contribution in [3.05, 3.63) is 23.8 Å². The first kappa shape index (κ1) is 14.2. The molecule has 0 fully saturated rings. The topological polar surface area (TPSA) is 78.8 Å². The Labute approximate surface area is 106 Å². The molecule has 1 aromatic carbocycles. The van der Waals surface area contributed by atoms with E-state index in [1.165, 1.54) is 12.1 Å². The summed E-state index contributed by atoms with van der Waals surface area (Å²) >= 11 is 0. The second-order valence-corrected chi connectivity index (χ2v) is 4.49. The lowest BCUT2D eigenvalue weighted by atomic mass is 10.1. The maximum absolute atomic E-state index is 11.2. The molecule has 3 N–H and O–H groups in total. The SMILES string of the molecule is CC(C)COC(=O)NCCc1ccc(O)c(O)c1. The van der Waals surface area contributed by atoms with Gasteiger partial charge in [0.05, 0.1) is 6.61 Å². The summed E-state index contributed by atoms with van der Waals surface area (Å²) in [6, 6.07) is 4.58. The largest absolute Gasteiger partial charge is 0.504 e. The van der Waals surface area contributed by atoms with Crippen LogP contribution in [0.4, 0.5) is 4.79 Å². The molecule has 5 nitrogen and oxygen atoms in total. The number of benzene rings is 1. The van der Waals surface area contributed by atoms with E-state index >= 15 is 0 Å². The number of alkyl carbamates (subject to hydrolysis) is 1. The van der Waals surface area contributed by atoms with Gasteiger partial charge in [-0.3, -0.25) is 0 Å². The van der Waals surface area contributed by atoms with Crippen LogP contribution >= 0.6 is 0 Å². The zero-order valence-corrected chi connectivity index (χ0v) is 10.6. The summed E-state index contributed by atoms with van der Waals surface area (Å²) in [5.74, 6) is 0.00253. The van der Waals surface area contributed by atoms with Gasteiger partial charge in [0.25, 0.3) is 0 Å². The summed E-state index contributed by atoms with van der Waals surface area (Å²) in [7, 11) is 0. The average Bonchev–Trinajstić information content (AvgIpc) is 2.31. The highest BCUT2D eigenvalue weighted by Crippen LogP contribution is 2.24. The van der Waals surface area contributed by atoms with Crippen LogP contribution in [-0.2, 0) is 11.2 Å². The van der Waals surface area contributed by atoms with E-state index < -0.39 is 6.09 Å². The first-order valence-electron chi connectivity index (χ1n) is 5.90. The minimum absolute atomic E-state index is 0.150. The zero-order valence-electron chi connectivity index (χ0n) is 10.6. The van der Waals surface area contributed by atoms with Crippen LogP contribution in [-0.4, -0.2) is 29.5 Å². The van der Waals surface area contributed by atoms with E-state index in [1.54, 1.807) is 6.07 Å². The molecular formula is C13H19NO4. The van der Waals surface area contributed by atoms with E-state index in [0.29, 0.717) is 25.5 Å². The van der Waals surface area contributed by atoms with Crippen LogP contribution in [0.15, 0.2) is 18.2 Å². The van der Waals surface area contributed by atoms with Crippen molar-refractivity contribution in [2.75, 3.05) is 13.2 Å². The Hall–Kier alpha value is -1.91. The molecule has 0 spiro atoms. The third-order valence-electron chi connectivity index (χ3n) is 2.27. The fraction of sp³-hybridized carbons (Fsp3) is 0.462. The first-order chi connectivity index (χ1) is 8.49. The standard InChI is InChI=1S/C13H19NO4/c1-9(2)8-18-13(17)14-6-5-10-3-4-11(15)12(16)7-10/h3-4,7,9,15-16H,5-6,8H2,1-2H3,(H,14,17). The van der Waals surface area contributed by atoms with Gasteiger partial charge < -0.3 is 20.3 Å². The number of carbonyl (C=O) groups is 1. The molecule has 0 aromatic heterocycles. The predicted octanol–water partition coefficient (Wildman–Crippen LogP) is 2.02. The van der Waals surface area contributed by atoms with Gasteiger partial charge in [0.1, 0.15) is 0 Å². The highest BCUT2D eigenvalue weighted by molar-refractivity contribution is 5.67. The van der Waals surface area contributed by atoms with Crippen molar-refractivity contribution in [1.82, 2.24) is 5.32 Å². The summed E-state index contributed by atoms with van der Waals surface area (Å²) in [6.45, 7) is 4.74. The van der Waals surface area contributed by atoms with Crippen molar-refractivity contribution in [1.29, 1.82) is 0 Å². The van der Waals surface area contributed by atoms with Crippen molar-refractivity contribution < 1.29 is 19.7 Å². The van der Waals surface area contributed by atoms with Crippen molar-refractivity contribution in [2.24, 2.45) is 5.92 Å². The molecule has 0 saturated heterocycles. The number of nitrogens with one attached hydrogen (secondary N) is 1. The lowest BCUT2D eigenvalue weighted by molar-refractivity contribution is 0.133. The van der Waals surface area contributed by atoms with Crippen LogP contribution in [0.2, 0.25) is 0 Å². The lowest BCUT2D eigenvalue weighted by Crippen LogP contribution is -2.27. The molecule has 0 atom stereocenters. The monoisotopic (exact) mass is 253 g/mol. The average molecular weight is 253 g/mol. The third-order valence-corrected chi connectivity index (χ3v) is 2.27. The molecular weight excluding hydrogens is 234 g/mol. The van der Waals surface area contributed by atoms with Gasteiger partial charge in [-0.05, 0) is 30.0 Å². The lowest BCUT2D eigenvalue weighted by Gasteiger charge is -2.09. The van der Waals surface area contributed by atoms with E-state index in [1.807, 2.05) is 13.8 Å². The van der Waals surface area contributed by atoms with Crippen molar-refractivity contribution in [3.8, 4) is 11.5 Å². The van der Waals surface area contributed by atoms with Crippen molar-refractivity contribution >= 4 is 6.09 Å². The molecule has 1 amide bonds. The smallest absolute Gasteiger partial charge is 0.407 e. The molecule has 0 saturated carbocycles. The van der Waals surface area contributed by atoms with Gasteiger partial charge in [0, 0.05) is 6.54 Å². The summed E-state index contributed by atoms with van der Waals surface area (Å²) in [5.41, 5.74) is 0.828. The Morgan fingerprint density at radius 3 is 2.67 bits per heavy atom. The minimum Gasteiger partial charge on any atom is -0.504 e. The van der Waals surface area contributed by atoms with Gasteiger partial charge >= 0.3 is 6.09 Å². The number of carbonyl (C=O) groups excluding carboxylic acids is 1. The summed E-state index contributed by atoms with van der Waals surface area (Å²) in [6.07, 6.45) is 0.122. The quantitative estimate of drug-likeness (QED) is 0.701. The van der Waals surface area contributed by atoms with Gasteiger partial charge in [-0.15, -0.1) is 0 Å². The molecule has 0 aliphatic carbocycles. The first-order valence-corrected chi connectivity index (χ1v) is 5.90. The molecule has 0 aliphatic heterocycles. The van der Waals surface area contributed by atoms with E-state index in [2.05, 4.69) is 5.32 Å². The van der Waals surface area contributed by atoms with Crippen LogP contribution in [0.25, 0.3) is 0 Å². The highest BCUT2D eigenvalue weighted by Gasteiger charge is 2.04. The molecule has 18 heavy (non-hydrogen) atoms. The van der Waals surface area contributed by atoms with Gasteiger partial charge in [-0.1, -0.05) is 19.9 Å². The molecule has 0 bridgehead atoms. The van der Waals surface area contributed by atoms with E-state index in [9.17, 15) is 9.90 Å². The molecule has 0 aliphatic rings. The summed E-state index contributed by atoms with van der Waals surface area (Å²) in [5, 5.41) is 21.0. The molecule has 0 unspecified atom stereocenters. The summed E-state index contributed by atoms with van der Waals surface area (Å²) in [4.78, 5) is 11.2. The Morgan fingerprint density at radius 2 is 2.06 bits per heavy atom. The second-order valence-electron chi connectivity index (χ2n) is 4.49. The molecule has 1 aromatic rings. The van der Waals surface area contributed by atoms with Crippen molar-refractivity contribution in [3.63, 3.8) is 0 Å². The van der Waals surface area contributed by atoms with E-state index in [0.717, 1.165) is 5.56 Å². The number of hydrogen-bond donors (Lipinski definition) is 3. The van der Waals surface area contributed by atoms with E-state index in [4.69, 9.17) is 9.84 Å². The maximum Gasteiger partial charge on any atom is 0.407 e. The van der Waals surface area contributed by atoms with Crippen LogP contribution in [0.3, 0.4) is 0 Å². The Kier molecular flexibility index (Phi) is 5.30. The Morgan fingerprint density at radius 1 is 1.33 bits per heavy atom. The predicted molar refractivity (Wildman–Crippen MR) is 67.7 cm³/mol. The molecule has 0 radical (unpaired) electrons. The normalized spacial score (nSPS) is 10.4. The minimum atomic E-state index is -0.438. The number of aromatic hydroxyl groups is 2. The Balaban J connectivity index is 2.28. The molecule has 1 rings (SSSR count). The second kappa shape index (κ2) is 6.74. The maximum atomic E-state index is 11.2. The zero-order chi connectivity index (χ0) is 13.5. The number of phenols is 2. The summed E-state index contributed by atoms with van der Waals surface area (Å²) < 4.78 is 4.94. The van der Waals surface area contributed by atoms with Gasteiger partial charge in [-0.2, -0.15) is 0 Å². The van der Waals surface area contributed by atoms with Gasteiger partial charge in [0.15, 0.2) is 11.5 Å².